The first-order valence-corrected chi connectivity index (χ1v) is 29.8. The van der Waals surface area contributed by atoms with Crippen LogP contribution in [0.2, 0.25) is 0 Å². The van der Waals surface area contributed by atoms with Crippen molar-refractivity contribution in [2.75, 3.05) is 90.7 Å². The molecule has 8 aliphatic rings. The van der Waals surface area contributed by atoms with Crippen LogP contribution in [0.25, 0.3) is 33.3 Å². The zero-order valence-corrected chi connectivity index (χ0v) is 47.7. The summed E-state index contributed by atoms with van der Waals surface area (Å²) >= 11 is 0. The number of hydrogen-bond donors (Lipinski definition) is 3. The maximum Gasteiger partial charge on any atom is 0.324 e. The molecule has 2 aromatic heterocycles. The molecule has 2 aromatic carbocycles. The van der Waals surface area contributed by atoms with Crippen molar-refractivity contribution in [1.82, 2.24) is 45.3 Å². The van der Waals surface area contributed by atoms with E-state index in [1.165, 1.54) is 12.8 Å². The number of hydrogen-bond acceptors (Lipinski definition) is 13. The molecule has 0 radical (unpaired) electrons. The highest BCUT2D eigenvalue weighted by molar-refractivity contribution is 5.96. The van der Waals surface area contributed by atoms with Crippen LogP contribution in [0.5, 0.6) is 0 Å². The number of esters is 1. The largest absolute Gasteiger partial charge is 0.464 e. The summed E-state index contributed by atoms with van der Waals surface area (Å²) in [6, 6.07) is 15.9. The molecule has 17 heteroatoms. The van der Waals surface area contributed by atoms with Crippen molar-refractivity contribution in [3.8, 4) is 22.4 Å². The Labute approximate surface area is 466 Å². The summed E-state index contributed by atoms with van der Waals surface area (Å²) < 4.78 is 20.7. The molecule has 7 fully saturated rings. The quantitative estimate of drug-likeness (QED) is 0.119. The standard InChI is InChI=1S/C62H84N10O7/c1-8-71-51-17-16-43-29-46(51)48(56(71)47-30-44(32-63-52(47)39(4)77-7)68-24-23-67-25-26-78-34-45(67)33-68)31-61(5,6)37-79-60(76)49-13-10-20-72(66-49)58(74)50(28-40-11-9-12-42(43)27-40)64-57(73)55(38(2)3)69-21-18-62(35-69)19-22-70(36-62)59(75)54-53(65-54)41-14-15-41/h9,11-12,16-17,27,29-30,32,38-39,41,45,49-50,53-55,65-66H,8,10,13-15,18-26,28,31,33-37H2,1-7H3,(H,64,73)/t39-,45-,49-,50-,53?,54+,55?,62-/m0/s1. The van der Waals surface area contributed by atoms with Crippen molar-refractivity contribution in [3.05, 3.63) is 71.5 Å². The van der Waals surface area contributed by atoms with Gasteiger partial charge in [0.2, 0.25) is 11.8 Å². The Balaban J connectivity index is 0.875. The highest BCUT2D eigenvalue weighted by Crippen LogP contribution is 2.46. The van der Waals surface area contributed by atoms with Gasteiger partial charge in [-0.25, -0.2) is 5.43 Å². The van der Waals surface area contributed by atoms with Crippen molar-refractivity contribution >= 4 is 40.3 Å². The van der Waals surface area contributed by atoms with Crippen LogP contribution in [-0.2, 0) is 52.8 Å². The molecule has 1 aliphatic carbocycles. The molecule has 424 valence electrons. The van der Waals surface area contributed by atoms with E-state index in [2.05, 4.69) is 118 Å². The van der Waals surface area contributed by atoms with Crippen LogP contribution < -0.4 is 21.0 Å². The molecule has 1 spiro atoms. The molecule has 4 aromatic rings. The molecule has 3 N–H and O–H groups in total. The number of anilines is 1. The number of pyridine rings is 1. The predicted octanol–water partition coefficient (Wildman–Crippen LogP) is 5.97. The monoisotopic (exact) mass is 1080 g/mol. The zero-order chi connectivity index (χ0) is 54.9. The molecule has 2 unspecified atom stereocenters. The van der Waals surface area contributed by atoms with E-state index in [1.54, 1.807) is 12.1 Å². The lowest BCUT2D eigenvalue weighted by Crippen LogP contribution is -2.62. The van der Waals surface area contributed by atoms with Crippen molar-refractivity contribution in [2.24, 2.45) is 22.7 Å². The molecule has 6 bridgehead atoms. The summed E-state index contributed by atoms with van der Waals surface area (Å²) in [5, 5.41) is 9.42. The van der Waals surface area contributed by atoms with Gasteiger partial charge in [-0.05, 0) is 118 Å². The minimum absolute atomic E-state index is 0.0349. The van der Waals surface area contributed by atoms with Crippen LogP contribution in [0.15, 0.2) is 54.7 Å². The number of likely N-dealkylation sites (tertiary alicyclic amines) is 2. The number of rotatable bonds is 11. The Kier molecular flexibility index (Phi) is 15.0. The number of carbonyl (C=O) groups excluding carboxylic acids is 4. The molecule has 9 heterocycles. The SMILES string of the molecule is CCn1c(-c2cc(N3CCN4CCOC[C@@H]4C3)cnc2[C@H](C)OC)c2c3cc(ccc31)-c1cccc(c1)C[C@H](NC(=O)C(C(C)C)N1CC[C@]3(CCN(C(=O)[C@@H]4NC4C4CC4)C3)C1)C(=O)N1CCC[C@H](N1)C(=O)OCC(C)(C)C2. The Morgan fingerprint density at radius 3 is 2.57 bits per heavy atom. The van der Waals surface area contributed by atoms with Crippen LogP contribution >= 0.6 is 0 Å². The molecule has 12 rings (SSSR count). The van der Waals surface area contributed by atoms with Gasteiger partial charge in [0, 0.05) is 106 Å². The van der Waals surface area contributed by atoms with Crippen LogP contribution in [0.3, 0.4) is 0 Å². The van der Waals surface area contributed by atoms with E-state index in [1.807, 2.05) is 18.3 Å². The second-order valence-electron chi connectivity index (χ2n) is 25.7. The van der Waals surface area contributed by atoms with Gasteiger partial charge < -0.3 is 33.9 Å². The van der Waals surface area contributed by atoms with Crippen molar-refractivity contribution in [1.29, 1.82) is 0 Å². The number of amides is 3. The van der Waals surface area contributed by atoms with Crippen LogP contribution in [-0.4, -0.2) is 175 Å². The number of hydrazine groups is 1. The number of methoxy groups -OCH3 is 1. The first-order valence-electron chi connectivity index (χ1n) is 29.8. The molecule has 17 nitrogen and oxygen atoms in total. The number of aromatic nitrogens is 2. The Bertz CT molecular complexity index is 2970. The van der Waals surface area contributed by atoms with E-state index in [0.29, 0.717) is 50.4 Å². The molecule has 3 amide bonds. The first kappa shape index (κ1) is 54.2. The fraction of sp³-hybridized carbons (Fsp3) is 0.629. The molecule has 6 saturated heterocycles. The third-order valence-corrected chi connectivity index (χ3v) is 19.0. The third kappa shape index (κ3) is 10.8. The molecule has 7 aliphatic heterocycles. The molecular weight excluding hydrogens is 997 g/mol. The highest BCUT2D eigenvalue weighted by Gasteiger charge is 2.55. The Morgan fingerprint density at radius 2 is 1.77 bits per heavy atom. The number of ether oxygens (including phenoxy) is 3. The highest BCUT2D eigenvalue weighted by atomic mass is 16.5. The Hall–Kier alpha value is -5.43. The number of carbonyl (C=O) groups is 4. The second-order valence-corrected chi connectivity index (χ2v) is 25.7. The number of piperazine rings is 1. The van der Waals surface area contributed by atoms with E-state index in [0.717, 1.165) is 134 Å². The lowest BCUT2D eigenvalue weighted by molar-refractivity contribution is -0.155. The smallest absolute Gasteiger partial charge is 0.324 e. The summed E-state index contributed by atoms with van der Waals surface area (Å²) in [6.07, 6.45) is 7.97. The average molecular weight is 1080 g/mol. The van der Waals surface area contributed by atoms with Crippen LogP contribution in [0.1, 0.15) is 103 Å². The van der Waals surface area contributed by atoms with Crippen LogP contribution in [0, 0.1) is 22.7 Å². The topological polar surface area (TPSA) is 176 Å². The van der Waals surface area contributed by atoms with Gasteiger partial charge in [0.05, 0.1) is 61.3 Å². The first-order chi connectivity index (χ1) is 38.1. The number of nitrogens with one attached hydrogen (secondary N) is 3. The zero-order valence-electron chi connectivity index (χ0n) is 47.7. The maximum atomic E-state index is 15.0. The second kappa shape index (κ2) is 21.8. The fourth-order valence-electron chi connectivity index (χ4n) is 14.4. The average Bonchev–Trinajstić information content (AvgIpc) is 4.38. The van der Waals surface area contributed by atoms with Gasteiger partial charge >= 0.3 is 5.97 Å². The number of aryl methyl sites for hydroxylation is 1. The Morgan fingerprint density at radius 1 is 0.949 bits per heavy atom. The summed E-state index contributed by atoms with van der Waals surface area (Å²) in [5.41, 5.74) is 12.0. The van der Waals surface area contributed by atoms with E-state index >= 15 is 4.79 Å². The van der Waals surface area contributed by atoms with Gasteiger partial charge in [0.25, 0.3) is 5.91 Å². The summed E-state index contributed by atoms with van der Waals surface area (Å²) in [5.74, 6) is -0.0137. The van der Waals surface area contributed by atoms with E-state index in [9.17, 15) is 14.4 Å². The van der Waals surface area contributed by atoms with Gasteiger partial charge in [-0.15, -0.1) is 0 Å². The summed E-state index contributed by atoms with van der Waals surface area (Å²) in [6.45, 7) is 22.1. The van der Waals surface area contributed by atoms with E-state index < -0.39 is 29.5 Å². The predicted molar refractivity (Wildman–Crippen MR) is 304 cm³/mol. The minimum Gasteiger partial charge on any atom is -0.464 e. The van der Waals surface area contributed by atoms with Gasteiger partial charge in [0.15, 0.2) is 0 Å². The van der Waals surface area contributed by atoms with Crippen molar-refractivity contribution < 1.29 is 33.4 Å². The normalized spacial score (nSPS) is 28.5. The number of nitrogens with zero attached hydrogens (tertiary/aromatic N) is 7. The number of cyclic esters (lactones) is 1. The molecule has 79 heavy (non-hydrogen) atoms. The molecule has 1 saturated carbocycles. The van der Waals surface area contributed by atoms with Gasteiger partial charge in [-0.2, -0.15) is 0 Å². The number of benzene rings is 2. The lowest BCUT2D eigenvalue weighted by Gasteiger charge is -2.44. The fourth-order valence-corrected chi connectivity index (χ4v) is 14.4. The van der Waals surface area contributed by atoms with Gasteiger partial charge in [-0.3, -0.25) is 44.3 Å². The van der Waals surface area contributed by atoms with E-state index in [4.69, 9.17) is 19.2 Å². The maximum absolute atomic E-state index is 15.0. The molecule has 8 atom stereocenters. The van der Waals surface area contributed by atoms with Crippen molar-refractivity contribution in [2.45, 2.75) is 142 Å². The van der Waals surface area contributed by atoms with Gasteiger partial charge in [-0.1, -0.05) is 58.0 Å². The number of morpholine rings is 1. The van der Waals surface area contributed by atoms with Crippen molar-refractivity contribution in [3.63, 3.8) is 0 Å². The molecular formula is C62H84N10O7. The summed E-state index contributed by atoms with van der Waals surface area (Å²) in [4.78, 5) is 72.5. The lowest BCUT2D eigenvalue weighted by atomic mass is 9.84. The minimum atomic E-state index is -0.922. The van der Waals surface area contributed by atoms with Crippen LogP contribution in [0.4, 0.5) is 5.69 Å². The van der Waals surface area contributed by atoms with E-state index in [-0.39, 0.29) is 54.2 Å². The third-order valence-electron chi connectivity index (χ3n) is 19.0. The van der Waals surface area contributed by atoms with Gasteiger partial charge in [0.1, 0.15) is 18.1 Å². The summed E-state index contributed by atoms with van der Waals surface area (Å²) in [7, 11) is 1.74. The number of fused-ring (bicyclic) bond motifs is 7.